The fourth-order valence-electron chi connectivity index (χ4n) is 2.17. The van der Waals surface area contributed by atoms with Gasteiger partial charge in [0, 0.05) is 11.1 Å². The molecule has 0 atom stereocenters. The van der Waals surface area contributed by atoms with Crippen molar-refractivity contribution in [3.8, 4) is 0 Å². The van der Waals surface area contributed by atoms with Crippen molar-refractivity contribution in [2.24, 2.45) is 5.10 Å². The minimum atomic E-state index is -0.356. The Labute approximate surface area is 124 Å². The van der Waals surface area contributed by atoms with Crippen molar-refractivity contribution in [2.75, 3.05) is 0 Å². The molecule has 5 heteroatoms. The van der Waals surface area contributed by atoms with E-state index in [1.807, 2.05) is 26.0 Å². The first-order valence-corrected chi connectivity index (χ1v) is 6.82. The van der Waals surface area contributed by atoms with Crippen LogP contribution in [0, 0.1) is 6.92 Å². The quantitative estimate of drug-likeness (QED) is 0.674. The minimum absolute atomic E-state index is 0.183. The average molecular weight is 288 g/mol. The van der Waals surface area contributed by atoms with Crippen LogP contribution in [-0.2, 0) is 5.41 Å². The summed E-state index contributed by atoms with van der Waals surface area (Å²) in [7, 11) is 0. The largest absolute Gasteiger partial charge is 0.466 e. The highest BCUT2D eigenvalue weighted by molar-refractivity contribution is 5.92. The number of amides is 1. The summed E-state index contributed by atoms with van der Waals surface area (Å²) in [5.41, 5.74) is 3.12. The van der Waals surface area contributed by atoms with E-state index in [1.54, 1.807) is 12.1 Å². The van der Waals surface area contributed by atoms with Gasteiger partial charge in [-0.2, -0.15) is 5.10 Å². The van der Waals surface area contributed by atoms with Crippen molar-refractivity contribution in [1.82, 2.24) is 5.43 Å². The molecule has 0 saturated carbocycles. The van der Waals surface area contributed by atoms with Crippen molar-refractivity contribution in [3.05, 3.63) is 47.8 Å². The molecule has 1 N–H and O–H groups in total. The monoisotopic (exact) mass is 288 g/mol. The first-order valence-electron chi connectivity index (χ1n) is 6.82. The number of carbonyl (C=O) groups excluding carboxylic acids is 1. The molecule has 5 nitrogen and oxygen atoms in total. The summed E-state index contributed by atoms with van der Waals surface area (Å²) in [4.78, 5) is 11.7. The van der Waals surface area contributed by atoms with Crippen LogP contribution < -0.4 is 5.43 Å². The number of hydrogen-bond donors (Lipinski definition) is 1. The standard InChI is InChI=1S/C16H20N2O3/c1-11(17-18-15(19)13-6-5-9-20-13)10-16(3,4)14-8-7-12(2)21-14/h5-9H,10H2,1-4H3,(H,18,19)/b17-11+. The number of aryl methyl sites for hydroxylation is 1. The molecule has 0 saturated heterocycles. The highest BCUT2D eigenvalue weighted by atomic mass is 16.3. The van der Waals surface area contributed by atoms with Crippen LogP contribution in [0.15, 0.2) is 44.5 Å². The lowest BCUT2D eigenvalue weighted by molar-refractivity contribution is 0.0927. The van der Waals surface area contributed by atoms with Crippen LogP contribution in [0.25, 0.3) is 0 Å². The molecule has 2 aromatic heterocycles. The van der Waals surface area contributed by atoms with Gasteiger partial charge in [0.05, 0.1) is 6.26 Å². The Morgan fingerprint density at radius 2 is 2.10 bits per heavy atom. The van der Waals surface area contributed by atoms with Crippen molar-refractivity contribution in [2.45, 2.75) is 39.5 Å². The smallest absolute Gasteiger partial charge is 0.307 e. The summed E-state index contributed by atoms with van der Waals surface area (Å²) in [6.07, 6.45) is 2.13. The number of carbonyl (C=O) groups is 1. The predicted octanol–water partition coefficient (Wildman–Crippen LogP) is 3.65. The molecule has 1 amide bonds. The lowest BCUT2D eigenvalue weighted by Gasteiger charge is -2.21. The molecule has 2 rings (SSSR count). The van der Waals surface area contributed by atoms with Crippen LogP contribution in [-0.4, -0.2) is 11.6 Å². The molecule has 112 valence electrons. The molecular weight excluding hydrogens is 268 g/mol. The Morgan fingerprint density at radius 1 is 1.33 bits per heavy atom. The number of rotatable bonds is 5. The molecule has 0 spiro atoms. The molecule has 0 aliphatic heterocycles. The zero-order valence-corrected chi connectivity index (χ0v) is 12.8. The Morgan fingerprint density at radius 3 is 2.67 bits per heavy atom. The molecule has 0 unspecified atom stereocenters. The SMILES string of the molecule is C/C(CC(C)(C)c1ccc(C)o1)=N\NC(=O)c1ccco1. The van der Waals surface area contributed by atoms with Crippen molar-refractivity contribution in [3.63, 3.8) is 0 Å². The van der Waals surface area contributed by atoms with Gasteiger partial charge >= 0.3 is 5.91 Å². The van der Waals surface area contributed by atoms with E-state index in [-0.39, 0.29) is 17.1 Å². The van der Waals surface area contributed by atoms with Gasteiger partial charge in [-0.15, -0.1) is 0 Å². The lowest BCUT2D eigenvalue weighted by atomic mass is 9.85. The van der Waals surface area contributed by atoms with Gasteiger partial charge in [0.1, 0.15) is 11.5 Å². The van der Waals surface area contributed by atoms with E-state index in [4.69, 9.17) is 8.83 Å². The van der Waals surface area contributed by atoms with E-state index >= 15 is 0 Å². The van der Waals surface area contributed by atoms with E-state index in [2.05, 4.69) is 24.4 Å². The Bertz CT molecular complexity index is 636. The van der Waals surface area contributed by atoms with Crippen molar-refractivity contribution in [1.29, 1.82) is 0 Å². The molecule has 0 aliphatic rings. The summed E-state index contributed by atoms with van der Waals surface area (Å²) < 4.78 is 10.7. The Balaban J connectivity index is 1.98. The van der Waals surface area contributed by atoms with Gasteiger partial charge in [-0.3, -0.25) is 4.79 Å². The second kappa shape index (κ2) is 5.99. The minimum Gasteiger partial charge on any atom is -0.466 e. The van der Waals surface area contributed by atoms with Gasteiger partial charge in [0.25, 0.3) is 0 Å². The van der Waals surface area contributed by atoms with Gasteiger partial charge in [-0.25, -0.2) is 5.43 Å². The average Bonchev–Trinajstić information content (AvgIpc) is 3.06. The second-order valence-electron chi connectivity index (χ2n) is 5.74. The van der Waals surface area contributed by atoms with Crippen LogP contribution in [0.4, 0.5) is 0 Å². The number of nitrogens with one attached hydrogen (secondary N) is 1. The fraction of sp³-hybridized carbons (Fsp3) is 0.375. The van der Waals surface area contributed by atoms with E-state index < -0.39 is 0 Å². The maximum Gasteiger partial charge on any atom is 0.307 e. The normalized spacial score (nSPS) is 12.5. The number of hydrazone groups is 1. The molecule has 2 aromatic rings. The topological polar surface area (TPSA) is 67.7 Å². The first kappa shape index (κ1) is 15.1. The third kappa shape index (κ3) is 3.84. The Hall–Kier alpha value is -2.30. The maximum atomic E-state index is 11.7. The summed E-state index contributed by atoms with van der Waals surface area (Å²) in [6, 6.07) is 7.18. The predicted molar refractivity (Wildman–Crippen MR) is 80.4 cm³/mol. The Kier molecular flexibility index (Phi) is 4.31. The van der Waals surface area contributed by atoms with Gasteiger partial charge in [-0.05, 0) is 44.5 Å². The summed E-state index contributed by atoms with van der Waals surface area (Å²) in [5, 5.41) is 4.11. The fourth-order valence-corrected chi connectivity index (χ4v) is 2.17. The number of hydrogen-bond acceptors (Lipinski definition) is 4. The van der Waals surface area contributed by atoms with Gasteiger partial charge in [0.2, 0.25) is 0 Å². The van der Waals surface area contributed by atoms with E-state index in [9.17, 15) is 4.79 Å². The maximum absolute atomic E-state index is 11.7. The molecule has 2 heterocycles. The highest BCUT2D eigenvalue weighted by Crippen LogP contribution is 2.28. The van der Waals surface area contributed by atoms with Crippen LogP contribution in [0.1, 0.15) is 49.3 Å². The highest BCUT2D eigenvalue weighted by Gasteiger charge is 2.25. The third-order valence-electron chi connectivity index (χ3n) is 3.20. The molecular formula is C16H20N2O3. The molecule has 0 fully saturated rings. The van der Waals surface area contributed by atoms with Crippen LogP contribution in [0.5, 0.6) is 0 Å². The second-order valence-corrected chi connectivity index (χ2v) is 5.74. The zero-order valence-electron chi connectivity index (χ0n) is 12.8. The van der Waals surface area contributed by atoms with E-state index in [0.717, 1.165) is 17.2 Å². The lowest BCUT2D eigenvalue weighted by Crippen LogP contribution is -2.23. The van der Waals surface area contributed by atoms with Crippen molar-refractivity contribution >= 4 is 11.6 Å². The van der Waals surface area contributed by atoms with Gasteiger partial charge in [-0.1, -0.05) is 13.8 Å². The summed E-state index contributed by atoms with van der Waals surface area (Å²) >= 11 is 0. The molecule has 0 bridgehead atoms. The van der Waals surface area contributed by atoms with Gasteiger partial charge < -0.3 is 8.83 Å². The summed E-state index contributed by atoms with van der Waals surface area (Å²) in [6.45, 7) is 7.96. The number of furan rings is 2. The van der Waals surface area contributed by atoms with Crippen molar-refractivity contribution < 1.29 is 13.6 Å². The van der Waals surface area contributed by atoms with Crippen LogP contribution in [0.2, 0.25) is 0 Å². The van der Waals surface area contributed by atoms with Crippen LogP contribution in [0.3, 0.4) is 0 Å². The summed E-state index contributed by atoms with van der Waals surface area (Å²) in [5.74, 6) is 1.68. The van der Waals surface area contributed by atoms with E-state index in [1.165, 1.54) is 6.26 Å². The molecule has 0 radical (unpaired) electrons. The molecule has 0 aromatic carbocycles. The van der Waals surface area contributed by atoms with Gasteiger partial charge in [0.15, 0.2) is 5.76 Å². The first-order chi connectivity index (χ1) is 9.88. The molecule has 0 aliphatic carbocycles. The zero-order chi connectivity index (χ0) is 15.5. The number of nitrogens with zero attached hydrogens (tertiary/aromatic N) is 1. The van der Waals surface area contributed by atoms with Crippen LogP contribution >= 0.6 is 0 Å². The molecule has 21 heavy (non-hydrogen) atoms. The van der Waals surface area contributed by atoms with E-state index in [0.29, 0.717) is 6.42 Å². The third-order valence-corrected chi connectivity index (χ3v) is 3.20.